The fourth-order valence-corrected chi connectivity index (χ4v) is 1.66. The van der Waals surface area contributed by atoms with Gasteiger partial charge in [-0.1, -0.05) is 12.1 Å². The molecule has 0 amide bonds. The van der Waals surface area contributed by atoms with E-state index in [1.807, 2.05) is 0 Å². The van der Waals surface area contributed by atoms with Crippen molar-refractivity contribution < 1.29 is 19.8 Å². The smallest absolute Gasteiger partial charge is 0.326 e. The number of carboxylic acid groups (broad SMARTS) is 2. The predicted octanol–water partition coefficient (Wildman–Crippen LogP) is 0.970. The maximum atomic E-state index is 11.0. The zero-order valence-corrected chi connectivity index (χ0v) is 9.78. The molecule has 19 heavy (non-hydrogen) atoms. The van der Waals surface area contributed by atoms with Gasteiger partial charge in [-0.25, -0.2) is 14.8 Å². The average molecular weight is 261 g/mol. The molecule has 1 aromatic carbocycles. The van der Waals surface area contributed by atoms with Crippen LogP contribution < -0.4 is 5.32 Å². The number of para-hydroxylation sites is 1. The van der Waals surface area contributed by atoms with Crippen molar-refractivity contribution in [1.29, 1.82) is 0 Å². The Morgan fingerprint density at radius 1 is 1.21 bits per heavy atom. The van der Waals surface area contributed by atoms with Crippen molar-refractivity contribution in [3.05, 3.63) is 30.6 Å². The van der Waals surface area contributed by atoms with Gasteiger partial charge in [0.1, 0.15) is 18.2 Å². The summed E-state index contributed by atoms with van der Waals surface area (Å²) in [7, 11) is 0. The molecule has 0 saturated carbocycles. The third-order valence-corrected chi connectivity index (χ3v) is 2.53. The van der Waals surface area contributed by atoms with Gasteiger partial charge in [0.05, 0.1) is 11.9 Å². The lowest BCUT2D eigenvalue weighted by molar-refractivity contribution is -0.144. The highest BCUT2D eigenvalue weighted by molar-refractivity contribution is 5.91. The van der Waals surface area contributed by atoms with Crippen LogP contribution in [0.2, 0.25) is 0 Å². The van der Waals surface area contributed by atoms with Crippen LogP contribution in [0.1, 0.15) is 6.42 Å². The van der Waals surface area contributed by atoms with Crippen LogP contribution in [0.3, 0.4) is 0 Å². The van der Waals surface area contributed by atoms with Gasteiger partial charge in [0.15, 0.2) is 0 Å². The van der Waals surface area contributed by atoms with E-state index in [-0.39, 0.29) is 0 Å². The number of carboxylic acids is 2. The Morgan fingerprint density at radius 2 is 1.95 bits per heavy atom. The number of fused-ring (bicyclic) bond motifs is 1. The molecule has 0 aliphatic carbocycles. The van der Waals surface area contributed by atoms with Crippen LogP contribution in [-0.2, 0) is 9.59 Å². The SMILES string of the molecule is O=C(O)C[C@H](Nc1ncnc2ccccc12)C(=O)O. The maximum Gasteiger partial charge on any atom is 0.326 e. The van der Waals surface area contributed by atoms with Gasteiger partial charge in [-0.2, -0.15) is 0 Å². The first kappa shape index (κ1) is 12.7. The highest BCUT2D eigenvalue weighted by Crippen LogP contribution is 2.19. The minimum Gasteiger partial charge on any atom is -0.481 e. The van der Waals surface area contributed by atoms with E-state index < -0.39 is 24.4 Å². The second-order valence-electron chi connectivity index (χ2n) is 3.87. The molecule has 0 spiro atoms. The van der Waals surface area contributed by atoms with Crippen molar-refractivity contribution in [2.45, 2.75) is 12.5 Å². The fraction of sp³-hybridized carbons (Fsp3) is 0.167. The van der Waals surface area contributed by atoms with Crippen LogP contribution in [0.25, 0.3) is 10.9 Å². The summed E-state index contributed by atoms with van der Waals surface area (Å²) in [6, 6.07) is 5.82. The van der Waals surface area contributed by atoms with Gasteiger partial charge in [0, 0.05) is 5.39 Å². The summed E-state index contributed by atoms with van der Waals surface area (Å²) in [6.45, 7) is 0. The maximum absolute atomic E-state index is 11.0. The molecule has 1 aromatic heterocycles. The Hall–Kier alpha value is -2.70. The summed E-state index contributed by atoms with van der Waals surface area (Å²) in [5.74, 6) is -2.14. The zero-order valence-electron chi connectivity index (χ0n) is 9.78. The summed E-state index contributed by atoms with van der Waals surface area (Å²) in [5.41, 5.74) is 0.652. The molecular formula is C12H11N3O4. The van der Waals surface area contributed by atoms with Crippen LogP contribution in [0.15, 0.2) is 30.6 Å². The minimum absolute atomic E-state index is 0.305. The van der Waals surface area contributed by atoms with E-state index >= 15 is 0 Å². The van der Waals surface area contributed by atoms with E-state index in [2.05, 4.69) is 15.3 Å². The molecule has 2 aromatic rings. The van der Waals surface area contributed by atoms with Crippen LogP contribution in [-0.4, -0.2) is 38.2 Å². The number of hydrogen-bond acceptors (Lipinski definition) is 5. The van der Waals surface area contributed by atoms with Gasteiger partial charge >= 0.3 is 11.9 Å². The van der Waals surface area contributed by atoms with Crippen LogP contribution >= 0.6 is 0 Å². The number of aromatic nitrogens is 2. The Morgan fingerprint density at radius 3 is 2.63 bits per heavy atom. The van der Waals surface area contributed by atoms with Gasteiger partial charge in [0.25, 0.3) is 0 Å². The van der Waals surface area contributed by atoms with Crippen molar-refractivity contribution in [2.75, 3.05) is 5.32 Å². The lowest BCUT2D eigenvalue weighted by Crippen LogP contribution is -2.32. The molecule has 0 radical (unpaired) electrons. The van der Waals surface area contributed by atoms with Gasteiger partial charge in [-0.3, -0.25) is 4.79 Å². The third-order valence-electron chi connectivity index (χ3n) is 2.53. The van der Waals surface area contributed by atoms with Gasteiger partial charge < -0.3 is 15.5 Å². The molecule has 2 rings (SSSR count). The lowest BCUT2D eigenvalue weighted by atomic mass is 10.2. The largest absolute Gasteiger partial charge is 0.481 e. The number of aliphatic carboxylic acids is 2. The summed E-state index contributed by atoms with van der Waals surface area (Å²) >= 11 is 0. The molecule has 0 fully saturated rings. The van der Waals surface area contributed by atoms with E-state index in [1.54, 1.807) is 24.3 Å². The summed E-state index contributed by atoms with van der Waals surface area (Å²) in [6.07, 6.45) is 0.762. The third kappa shape index (κ3) is 2.95. The first-order valence-corrected chi connectivity index (χ1v) is 5.49. The molecule has 0 saturated heterocycles. The molecule has 7 heteroatoms. The highest BCUT2D eigenvalue weighted by atomic mass is 16.4. The molecule has 1 heterocycles. The van der Waals surface area contributed by atoms with E-state index in [4.69, 9.17) is 10.2 Å². The van der Waals surface area contributed by atoms with E-state index in [0.29, 0.717) is 16.7 Å². The summed E-state index contributed by atoms with van der Waals surface area (Å²) in [5, 5.41) is 20.9. The Kier molecular flexibility index (Phi) is 3.56. The predicted molar refractivity (Wildman–Crippen MR) is 66.8 cm³/mol. The molecule has 0 unspecified atom stereocenters. The Labute approximate surface area is 107 Å². The lowest BCUT2D eigenvalue weighted by Gasteiger charge is -2.14. The van der Waals surface area contributed by atoms with Crippen molar-refractivity contribution in [1.82, 2.24) is 9.97 Å². The van der Waals surface area contributed by atoms with Gasteiger partial charge in [0.2, 0.25) is 0 Å². The Bertz CT molecular complexity index is 624. The number of hydrogen-bond donors (Lipinski definition) is 3. The topological polar surface area (TPSA) is 112 Å². The number of nitrogens with zero attached hydrogens (tertiary/aromatic N) is 2. The minimum atomic E-state index is -1.25. The van der Waals surface area contributed by atoms with Crippen molar-refractivity contribution in [3.63, 3.8) is 0 Å². The Balaban J connectivity index is 2.33. The molecule has 3 N–H and O–H groups in total. The number of benzene rings is 1. The zero-order chi connectivity index (χ0) is 13.8. The van der Waals surface area contributed by atoms with Crippen LogP contribution in [0.4, 0.5) is 5.82 Å². The van der Waals surface area contributed by atoms with Gasteiger partial charge in [-0.15, -0.1) is 0 Å². The second-order valence-corrected chi connectivity index (χ2v) is 3.87. The van der Waals surface area contributed by atoms with E-state index in [9.17, 15) is 9.59 Å². The molecule has 1 atom stereocenters. The summed E-state index contributed by atoms with van der Waals surface area (Å²) in [4.78, 5) is 29.6. The first-order valence-electron chi connectivity index (χ1n) is 5.49. The number of nitrogens with one attached hydrogen (secondary N) is 1. The standard InChI is InChI=1S/C12H11N3O4/c16-10(17)5-9(12(18)19)15-11-7-3-1-2-4-8(7)13-6-14-11/h1-4,6,9H,5H2,(H,16,17)(H,18,19)(H,13,14,15)/t9-/m0/s1. The molecule has 0 aliphatic rings. The molecule has 7 nitrogen and oxygen atoms in total. The number of carbonyl (C=O) groups is 2. The van der Waals surface area contributed by atoms with Crippen LogP contribution in [0, 0.1) is 0 Å². The molecular weight excluding hydrogens is 250 g/mol. The van der Waals surface area contributed by atoms with Crippen molar-refractivity contribution in [2.24, 2.45) is 0 Å². The molecule has 0 aliphatic heterocycles. The van der Waals surface area contributed by atoms with Gasteiger partial charge in [-0.05, 0) is 12.1 Å². The molecule has 0 bridgehead atoms. The van der Waals surface area contributed by atoms with Crippen molar-refractivity contribution in [3.8, 4) is 0 Å². The monoisotopic (exact) mass is 261 g/mol. The normalized spacial score (nSPS) is 12.0. The number of rotatable bonds is 5. The van der Waals surface area contributed by atoms with E-state index in [1.165, 1.54) is 6.33 Å². The molecule has 98 valence electrons. The van der Waals surface area contributed by atoms with E-state index in [0.717, 1.165) is 0 Å². The average Bonchev–Trinajstić information content (AvgIpc) is 2.37. The number of anilines is 1. The highest BCUT2D eigenvalue weighted by Gasteiger charge is 2.21. The van der Waals surface area contributed by atoms with Crippen LogP contribution in [0.5, 0.6) is 0 Å². The second kappa shape index (κ2) is 5.30. The quantitative estimate of drug-likeness (QED) is 0.735. The summed E-state index contributed by atoms with van der Waals surface area (Å²) < 4.78 is 0. The van der Waals surface area contributed by atoms with Crippen molar-refractivity contribution >= 4 is 28.7 Å². The first-order chi connectivity index (χ1) is 9.08. The fourth-order valence-electron chi connectivity index (χ4n) is 1.66.